The van der Waals surface area contributed by atoms with Gasteiger partial charge in [-0.05, 0) is 18.9 Å². The molecule has 0 aromatic heterocycles. The van der Waals surface area contributed by atoms with Gasteiger partial charge in [-0.15, -0.1) is 0 Å². The lowest BCUT2D eigenvalue weighted by Crippen LogP contribution is -2.58. The van der Waals surface area contributed by atoms with Crippen molar-refractivity contribution in [2.24, 2.45) is 5.73 Å². The topological polar surface area (TPSA) is 179 Å². The predicted octanol–water partition coefficient (Wildman–Crippen LogP) is -1.14. The van der Waals surface area contributed by atoms with Crippen LogP contribution in [0.4, 0.5) is 0 Å². The largest absolute Gasteiger partial charge is 0.481 e. The highest BCUT2D eigenvalue weighted by molar-refractivity contribution is 5.92. The maximum atomic E-state index is 12.4. The molecule has 0 saturated heterocycles. The molecule has 28 heavy (non-hydrogen) atoms. The zero-order valence-electron chi connectivity index (χ0n) is 15.4. The van der Waals surface area contributed by atoms with Gasteiger partial charge in [-0.2, -0.15) is 0 Å². The van der Waals surface area contributed by atoms with E-state index in [9.17, 15) is 29.4 Å². The zero-order valence-corrected chi connectivity index (χ0v) is 15.4. The first-order chi connectivity index (χ1) is 13.1. The molecule has 0 aliphatic heterocycles. The van der Waals surface area contributed by atoms with Gasteiger partial charge in [0, 0.05) is 12.8 Å². The van der Waals surface area contributed by atoms with Crippen molar-refractivity contribution in [3.63, 3.8) is 0 Å². The molecule has 1 rings (SSSR count). The molecule has 0 aliphatic carbocycles. The second kappa shape index (κ2) is 11.0. The summed E-state index contributed by atoms with van der Waals surface area (Å²) >= 11 is 0. The Hall–Kier alpha value is -2.98. The smallest absolute Gasteiger partial charge is 0.326 e. The quantitative estimate of drug-likeness (QED) is 0.272. The molecule has 1 aromatic carbocycles. The molecule has 7 N–H and O–H groups in total. The van der Waals surface area contributed by atoms with Gasteiger partial charge in [-0.3, -0.25) is 14.4 Å². The summed E-state index contributed by atoms with van der Waals surface area (Å²) < 4.78 is 0. The second-order valence-corrected chi connectivity index (χ2v) is 6.35. The van der Waals surface area contributed by atoms with Gasteiger partial charge < -0.3 is 31.7 Å². The van der Waals surface area contributed by atoms with E-state index in [0.29, 0.717) is 5.56 Å². The number of nitrogens with one attached hydrogen (secondary N) is 2. The molecule has 10 nitrogen and oxygen atoms in total. The average Bonchev–Trinajstić information content (AvgIpc) is 2.63. The van der Waals surface area contributed by atoms with Crippen LogP contribution in [0.25, 0.3) is 0 Å². The Balaban J connectivity index is 2.77. The number of carboxylic acid groups (broad SMARTS) is 2. The number of amides is 2. The number of aliphatic hydroxyl groups is 1. The number of hydrogen-bond donors (Lipinski definition) is 6. The Morgan fingerprint density at radius 2 is 1.64 bits per heavy atom. The Morgan fingerprint density at radius 3 is 2.14 bits per heavy atom. The summed E-state index contributed by atoms with van der Waals surface area (Å²) in [7, 11) is 0. The van der Waals surface area contributed by atoms with Crippen LogP contribution in [0.1, 0.15) is 25.3 Å². The molecule has 0 spiro atoms. The fraction of sp³-hybridized carbons (Fsp3) is 0.444. The first kappa shape index (κ1) is 23.1. The predicted molar refractivity (Wildman–Crippen MR) is 98.2 cm³/mol. The number of rotatable bonds is 11. The standard InChI is InChI=1S/C18H25N3O7/c1-10(22)15(21-16(25)12(19)7-8-14(23)24)17(26)20-13(18(27)28)9-11-5-3-2-4-6-11/h2-6,10,12-13,15,22H,7-9,19H2,1H3,(H,20,26)(H,21,25)(H,23,24)(H,27,28)/t10-,12+,13+,15+/m1/s1. The van der Waals surface area contributed by atoms with Crippen molar-refractivity contribution < 1.29 is 34.5 Å². The lowest BCUT2D eigenvalue weighted by Gasteiger charge is -2.24. The van der Waals surface area contributed by atoms with Gasteiger partial charge in [-0.1, -0.05) is 30.3 Å². The van der Waals surface area contributed by atoms with Crippen molar-refractivity contribution in [3.05, 3.63) is 35.9 Å². The van der Waals surface area contributed by atoms with Crippen molar-refractivity contribution in [3.8, 4) is 0 Å². The van der Waals surface area contributed by atoms with Gasteiger partial charge in [0.2, 0.25) is 11.8 Å². The molecule has 0 aliphatic rings. The van der Waals surface area contributed by atoms with Crippen molar-refractivity contribution in [2.75, 3.05) is 0 Å². The minimum atomic E-state index is -1.44. The minimum absolute atomic E-state index is 0.0144. The van der Waals surface area contributed by atoms with Crippen LogP contribution in [0.3, 0.4) is 0 Å². The Labute approximate surface area is 161 Å². The summed E-state index contributed by atoms with van der Waals surface area (Å²) in [5, 5.41) is 32.3. The molecule has 1 aromatic rings. The highest BCUT2D eigenvalue weighted by Gasteiger charge is 2.31. The monoisotopic (exact) mass is 395 g/mol. The molecule has 0 radical (unpaired) electrons. The molecular weight excluding hydrogens is 370 g/mol. The lowest BCUT2D eigenvalue weighted by atomic mass is 10.0. The van der Waals surface area contributed by atoms with Crippen molar-refractivity contribution >= 4 is 23.8 Å². The number of carbonyl (C=O) groups is 4. The maximum Gasteiger partial charge on any atom is 0.326 e. The molecule has 0 unspecified atom stereocenters. The molecule has 4 atom stereocenters. The first-order valence-electron chi connectivity index (χ1n) is 8.64. The van der Waals surface area contributed by atoms with Crippen LogP contribution in [0.5, 0.6) is 0 Å². The summed E-state index contributed by atoms with van der Waals surface area (Å²) in [4.78, 5) is 46.5. The number of hydrogen-bond acceptors (Lipinski definition) is 6. The summed E-state index contributed by atoms with van der Waals surface area (Å²) in [6.07, 6.45) is -1.80. The first-order valence-corrected chi connectivity index (χ1v) is 8.64. The number of aliphatic hydroxyl groups excluding tert-OH is 1. The molecular formula is C18H25N3O7. The van der Waals surface area contributed by atoms with Crippen molar-refractivity contribution in [1.82, 2.24) is 10.6 Å². The van der Waals surface area contributed by atoms with E-state index in [-0.39, 0.29) is 19.3 Å². The highest BCUT2D eigenvalue weighted by atomic mass is 16.4. The summed E-state index contributed by atoms with van der Waals surface area (Å²) in [5.74, 6) is -4.11. The van der Waals surface area contributed by atoms with E-state index < -0.39 is 48.0 Å². The van der Waals surface area contributed by atoms with Crippen molar-refractivity contribution in [2.45, 2.75) is 50.4 Å². The molecule has 0 bridgehead atoms. The molecule has 0 heterocycles. The van der Waals surface area contributed by atoms with Crippen molar-refractivity contribution in [1.29, 1.82) is 0 Å². The summed E-state index contributed by atoms with van der Waals surface area (Å²) in [6.45, 7) is 1.25. The SMILES string of the molecule is C[C@@H](O)[C@H](NC(=O)[C@@H](N)CCC(=O)O)C(=O)N[C@@H](Cc1ccccc1)C(=O)O. The Kier molecular flexibility index (Phi) is 9.06. The third kappa shape index (κ3) is 7.72. The lowest BCUT2D eigenvalue weighted by molar-refractivity contribution is -0.142. The van der Waals surface area contributed by atoms with Crippen LogP contribution < -0.4 is 16.4 Å². The van der Waals surface area contributed by atoms with E-state index in [1.807, 2.05) is 0 Å². The van der Waals surface area contributed by atoms with Gasteiger partial charge in [0.05, 0.1) is 12.1 Å². The van der Waals surface area contributed by atoms with Gasteiger partial charge >= 0.3 is 11.9 Å². The van der Waals surface area contributed by atoms with E-state index >= 15 is 0 Å². The fourth-order valence-electron chi connectivity index (χ4n) is 2.39. The fourth-order valence-corrected chi connectivity index (χ4v) is 2.39. The van der Waals surface area contributed by atoms with Crippen LogP contribution in [0.2, 0.25) is 0 Å². The van der Waals surface area contributed by atoms with Gasteiger partial charge in [0.25, 0.3) is 0 Å². The van der Waals surface area contributed by atoms with E-state index in [2.05, 4.69) is 10.6 Å². The summed E-state index contributed by atoms with van der Waals surface area (Å²) in [5.41, 5.74) is 6.27. The summed E-state index contributed by atoms with van der Waals surface area (Å²) in [6, 6.07) is 4.74. The van der Waals surface area contributed by atoms with Gasteiger partial charge in [0.1, 0.15) is 12.1 Å². The second-order valence-electron chi connectivity index (χ2n) is 6.35. The molecule has 0 saturated carbocycles. The Bertz CT molecular complexity index is 694. The number of carboxylic acids is 2. The van der Waals surface area contributed by atoms with E-state index in [1.165, 1.54) is 6.92 Å². The molecule has 10 heteroatoms. The minimum Gasteiger partial charge on any atom is -0.481 e. The molecule has 0 fully saturated rings. The number of aliphatic carboxylic acids is 2. The third-order valence-electron chi connectivity index (χ3n) is 3.97. The third-order valence-corrected chi connectivity index (χ3v) is 3.97. The normalized spacial score (nSPS) is 15.0. The number of carbonyl (C=O) groups excluding carboxylic acids is 2. The number of nitrogens with two attached hydrogens (primary N) is 1. The van der Waals surface area contributed by atoms with E-state index in [0.717, 1.165) is 0 Å². The van der Waals surface area contributed by atoms with Gasteiger partial charge in [-0.25, -0.2) is 4.79 Å². The van der Waals surface area contributed by atoms with Crippen LogP contribution in [0.15, 0.2) is 30.3 Å². The average molecular weight is 395 g/mol. The highest BCUT2D eigenvalue weighted by Crippen LogP contribution is 2.05. The molecule has 2 amide bonds. The Morgan fingerprint density at radius 1 is 1.04 bits per heavy atom. The van der Waals surface area contributed by atoms with E-state index in [1.54, 1.807) is 30.3 Å². The van der Waals surface area contributed by atoms with Crippen LogP contribution in [0, 0.1) is 0 Å². The van der Waals surface area contributed by atoms with E-state index in [4.69, 9.17) is 10.8 Å². The van der Waals surface area contributed by atoms with Crippen LogP contribution in [-0.4, -0.2) is 63.3 Å². The number of benzene rings is 1. The molecule has 154 valence electrons. The van der Waals surface area contributed by atoms with Gasteiger partial charge in [0.15, 0.2) is 0 Å². The van der Waals surface area contributed by atoms with Crippen LogP contribution in [-0.2, 0) is 25.6 Å². The maximum absolute atomic E-state index is 12.4. The van der Waals surface area contributed by atoms with Crippen LogP contribution >= 0.6 is 0 Å². The zero-order chi connectivity index (χ0) is 21.3.